The van der Waals surface area contributed by atoms with Crippen LogP contribution in [0.15, 0.2) is 30.5 Å². The Hall–Kier alpha value is -3.90. The summed E-state index contributed by atoms with van der Waals surface area (Å²) in [4.78, 5) is 17.4. The first-order valence-corrected chi connectivity index (χ1v) is 10.6. The number of likely N-dealkylation sites (tertiary alicyclic amines) is 1. The molecule has 1 aliphatic rings. The Balaban J connectivity index is 1.50. The standard InChI is InChI=1S/C21H21F3N8O2/c1-11(33)30-8-14(22)16(9-30)25-21-26-20(34-2)19-13(5-6-31(19)28-21)12-3-4-15-17(7-12)32(29-27-15)10-18(23)24/h3-7,14,16,18H,8-10H2,1-2H3,(H,25,28)/t14-,16+/m0/s1. The average molecular weight is 474 g/mol. The van der Waals surface area contributed by atoms with E-state index in [1.54, 1.807) is 35.0 Å². The SMILES string of the molecule is COc1nc(N[C@@H]2CN(C(C)=O)C[C@@H]2F)nn2ccc(-c3ccc4nnn(CC(F)F)c4c3)c12. The minimum absolute atomic E-state index is 0.0134. The fourth-order valence-corrected chi connectivity index (χ4v) is 4.15. The Kier molecular flexibility index (Phi) is 5.46. The molecule has 1 aliphatic heterocycles. The highest BCUT2D eigenvalue weighted by Gasteiger charge is 2.35. The van der Waals surface area contributed by atoms with Crippen molar-refractivity contribution < 1.29 is 22.7 Å². The summed E-state index contributed by atoms with van der Waals surface area (Å²) < 4.78 is 48.4. The molecular formula is C21H21F3N8O2. The first-order chi connectivity index (χ1) is 16.3. The molecule has 1 amide bonds. The summed E-state index contributed by atoms with van der Waals surface area (Å²) in [5, 5.41) is 15.1. The first-order valence-electron chi connectivity index (χ1n) is 10.6. The number of nitrogens with one attached hydrogen (secondary N) is 1. The Morgan fingerprint density at radius 1 is 1.29 bits per heavy atom. The van der Waals surface area contributed by atoms with Gasteiger partial charge in [0.05, 0.1) is 25.2 Å². The number of carbonyl (C=O) groups is 1. The summed E-state index contributed by atoms with van der Waals surface area (Å²) in [7, 11) is 1.46. The number of nitrogens with zero attached hydrogens (tertiary/aromatic N) is 7. The van der Waals surface area contributed by atoms with E-state index >= 15 is 0 Å². The van der Waals surface area contributed by atoms with Gasteiger partial charge in [-0.15, -0.1) is 10.2 Å². The van der Waals surface area contributed by atoms with Gasteiger partial charge in [0.25, 0.3) is 6.43 Å². The van der Waals surface area contributed by atoms with Crippen molar-refractivity contribution >= 4 is 28.4 Å². The molecule has 178 valence electrons. The van der Waals surface area contributed by atoms with Gasteiger partial charge in [0.1, 0.15) is 23.7 Å². The molecule has 1 fully saturated rings. The zero-order valence-electron chi connectivity index (χ0n) is 18.3. The lowest BCUT2D eigenvalue weighted by Gasteiger charge is -2.16. The number of anilines is 1. The van der Waals surface area contributed by atoms with Gasteiger partial charge in [-0.1, -0.05) is 11.3 Å². The lowest BCUT2D eigenvalue weighted by atomic mass is 10.1. The summed E-state index contributed by atoms with van der Waals surface area (Å²) >= 11 is 0. The summed E-state index contributed by atoms with van der Waals surface area (Å²) in [5.74, 6) is 0.200. The van der Waals surface area contributed by atoms with E-state index in [0.29, 0.717) is 27.7 Å². The molecule has 1 N–H and O–H groups in total. The minimum Gasteiger partial charge on any atom is -0.479 e. The Morgan fingerprint density at radius 3 is 2.82 bits per heavy atom. The van der Waals surface area contributed by atoms with Gasteiger partial charge in [-0.25, -0.2) is 22.4 Å². The van der Waals surface area contributed by atoms with Crippen LogP contribution in [0.25, 0.3) is 27.7 Å². The highest BCUT2D eigenvalue weighted by molar-refractivity contribution is 5.89. The molecule has 1 saturated heterocycles. The molecule has 0 aliphatic carbocycles. The van der Waals surface area contributed by atoms with Gasteiger partial charge >= 0.3 is 0 Å². The van der Waals surface area contributed by atoms with Crippen LogP contribution >= 0.6 is 0 Å². The van der Waals surface area contributed by atoms with Gasteiger partial charge in [0, 0.05) is 25.2 Å². The van der Waals surface area contributed by atoms with E-state index in [1.807, 2.05) is 0 Å². The number of hydrogen-bond acceptors (Lipinski definition) is 7. The third-order valence-electron chi connectivity index (χ3n) is 5.82. The average Bonchev–Trinajstić information content (AvgIpc) is 3.50. The number of benzene rings is 1. The molecule has 10 nitrogen and oxygen atoms in total. The molecule has 0 saturated carbocycles. The zero-order chi connectivity index (χ0) is 24.0. The number of alkyl halides is 3. The number of hydrogen-bond donors (Lipinski definition) is 1. The van der Waals surface area contributed by atoms with E-state index in [0.717, 1.165) is 4.68 Å². The third kappa shape index (κ3) is 3.86. The molecule has 4 aromatic rings. The van der Waals surface area contributed by atoms with E-state index in [4.69, 9.17) is 4.74 Å². The quantitative estimate of drug-likeness (QED) is 0.458. The number of ether oxygens (including phenoxy) is 1. The van der Waals surface area contributed by atoms with Gasteiger partial charge in [0.15, 0.2) is 0 Å². The smallest absolute Gasteiger partial charge is 0.258 e. The summed E-state index contributed by atoms with van der Waals surface area (Å²) in [6, 6.07) is 6.37. The number of aromatic nitrogens is 6. The molecule has 0 radical (unpaired) electrons. The molecule has 13 heteroatoms. The fraction of sp³-hybridized carbons (Fsp3) is 0.381. The first kappa shape index (κ1) is 21.9. The maximum Gasteiger partial charge on any atom is 0.258 e. The number of amides is 1. The van der Waals surface area contributed by atoms with E-state index in [1.165, 1.54) is 18.9 Å². The minimum atomic E-state index is -2.56. The molecule has 3 aromatic heterocycles. The Labute approximate surface area is 191 Å². The van der Waals surface area contributed by atoms with Crippen molar-refractivity contribution in [3.63, 3.8) is 0 Å². The van der Waals surface area contributed by atoms with Crippen molar-refractivity contribution in [2.45, 2.75) is 32.1 Å². The van der Waals surface area contributed by atoms with Gasteiger partial charge in [-0.3, -0.25) is 4.79 Å². The van der Waals surface area contributed by atoms with Crippen molar-refractivity contribution in [2.75, 3.05) is 25.5 Å². The maximum absolute atomic E-state index is 14.4. The number of rotatable bonds is 6. The summed E-state index contributed by atoms with van der Waals surface area (Å²) in [6.07, 6.45) is -2.12. The fourth-order valence-electron chi connectivity index (χ4n) is 4.15. The van der Waals surface area contributed by atoms with Crippen LogP contribution in [0, 0.1) is 0 Å². The van der Waals surface area contributed by atoms with Crippen LogP contribution in [0.3, 0.4) is 0 Å². The molecule has 0 bridgehead atoms. The molecule has 34 heavy (non-hydrogen) atoms. The monoisotopic (exact) mass is 474 g/mol. The Bertz CT molecular complexity index is 1370. The van der Waals surface area contributed by atoms with Crippen LogP contribution in [0.4, 0.5) is 19.1 Å². The van der Waals surface area contributed by atoms with Gasteiger partial charge < -0.3 is 15.0 Å². The van der Waals surface area contributed by atoms with Crippen molar-refractivity contribution in [2.24, 2.45) is 0 Å². The predicted molar refractivity (Wildman–Crippen MR) is 117 cm³/mol. The second-order valence-electron chi connectivity index (χ2n) is 8.02. The van der Waals surface area contributed by atoms with Crippen LogP contribution in [-0.4, -0.2) is 79.2 Å². The van der Waals surface area contributed by atoms with Crippen molar-refractivity contribution in [1.29, 1.82) is 0 Å². The van der Waals surface area contributed by atoms with E-state index in [9.17, 15) is 18.0 Å². The molecule has 1 aromatic carbocycles. The second kappa shape index (κ2) is 8.47. The predicted octanol–water partition coefficient (Wildman–Crippen LogP) is 2.40. The van der Waals surface area contributed by atoms with Crippen LogP contribution in [0.5, 0.6) is 5.88 Å². The van der Waals surface area contributed by atoms with Crippen molar-refractivity contribution in [3.8, 4) is 17.0 Å². The number of methoxy groups -OCH3 is 1. The van der Waals surface area contributed by atoms with Crippen molar-refractivity contribution in [3.05, 3.63) is 30.5 Å². The highest BCUT2D eigenvalue weighted by Crippen LogP contribution is 2.33. The van der Waals surface area contributed by atoms with E-state index in [2.05, 4.69) is 25.7 Å². The normalized spacial score (nSPS) is 18.4. The Morgan fingerprint density at radius 2 is 2.12 bits per heavy atom. The topological polar surface area (TPSA) is 102 Å². The van der Waals surface area contributed by atoms with E-state index in [-0.39, 0.29) is 30.8 Å². The summed E-state index contributed by atoms with van der Waals surface area (Å²) in [5.41, 5.74) is 2.95. The highest BCUT2D eigenvalue weighted by atomic mass is 19.3. The third-order valence-corrected chi connectivity index (χ3v) is 5.82. The largest absolute Gasteiger partial charge is 0.479 e. The number of fused-ring (bicyclic) bond motifs is 2. The molecule has 5 rings (SSSR count). The lowest BCUT2D eigenvalue weighted by Crippen LogP contribution is -2.32. The number of carbonyl (C=O) groups excluding carboxylic acids is 1. The van der Waals surface area contributed by atoms with Gasteiger partial charge in [0.2, 0.25) is 17.7 Å². The van der Waals surface area contributed by atoms with E-state index < -0.39 is 25.2 Å². The number of halogens is 3. The molecule has 0 unspecified atom stereocenters. The second-order valence-corrected chi connectivity index (χ2v) is 8.02. The molecule has 2 atom stereocenters. The van der Waals surface area contributed by atoms with Crippen LogP contribution in [-0.2, 0) is 11.3 Å². The molecule has 4 heterocycles. The molecular weight excluding hydrogens is 453 g/mol. The van der Waals surface area contributed by atoms with Crippen LogP contribution in [0.2, 0.25) is 0 Å². The zero-order valence-corrected chi connectivity index (χ0v) is 18.3. The summed E-state index contributed by atoms with van der Waals surface area (Å²) in [6.45, 7) is 1.06. The lowest BCUT2D eigenvalue weighted by molar-refractivity contribution is -0.128. The van der Waals surface area contributed by atoms with Crippen molar-refractivity contribution in [1.82, 2.24) is 34.5 Å². The van der Waals surface area contributed by atoms with Gasteiger partial charge in [-0.2, -0.15) is 4.98 Å². The van der Waals surface area contributed by atoms with Crippen LogP contribution in [0.1, 0.15) is 6.92 Å². The maximum atomic E-state index is 14.4. The molecule has 0 spiro atoms. The van der Waals surface area contributed by atoms with Crippen LogP contribution < -0.4 is 10.1 Å². The van der Waals surface area contributed by atoms with Gasteiger partial charge in [-0.05, 0) is 23.8 Å².